The SMILES string of the molecule is CC1CC(CN2c3ccccc3CCC2C)CCN1. The van der Waals surface area contributed by atoms with Gasteiger partial charge in [-0.3, -0.25) is 0 Å². The summed E-state index contributed by atoms with van der Waals surface area (Å²) >= 11 is 0. The van der Waals surface area contributed by atoms with Crippen molar-refractivity contribution >= 4 is 5.69 Å². The third kappa shape index (κ3) is 2.79. The quantitative estimate of drug-likeness (QED) is 0.876. The van der Waals surface area contributed by atoms with Crippen LogP contribution in [0.1, 0.15) is 38.7 Å². The van der Waals surface area contributed by atoms with Gasteiger partial charge in [0.15, 0.2) is 0 Å². The normalized spacial score (nSPS) is 31.1. The minimum Gasteiger partial charge on any atom is -0.368 e. The molecule has 0 aliphatic carbocycles. The molecule has 2 aliphatic rings. The zero-order chi connectivity index (χ0) is 13.2. The Morgan fingerprint density at radius 3 is 2.89 bits per heavy atom. The number of piperidine rings is 1. The van der Waals surface area contributed by atoms with E-state index in [4.69, 9.17) is 0 Å². The number of rotatable bonds is 2. The second-order valence-corrected chi connectivity index (χ2v) is 6.41. The largest absolute Gasteiger partial charge is 0.368 e. The minimum absolute atomic E-state index is 0.689. The second-order valence-electron chi connectivity index (χ2n) is 6.41. The van der Waals surface area contributed by atoms with Gasteiger partial charge in [-0.2, -0.15) is 0 Å². The Bertz CT molecular complexity index is 429. The van der Waals surface area contributed by atoms with Crippen LogP contribution < -0.4 is 10.2 Å². The van der Waals surface area contributed by atoms with Crippen LogP contribution in [0.5, 0.6) is 0 Å². The maximum atomic E-state index is 3.56. The number of nitrogens with zero attached hydrogens (tertiary/aromatic N) is 1. The van der Waals surface area contributed by atoms with Crippen LogP contribution in [0.4, 0.5) is 5.69 Å². The van der Waals surface area contributed by atoms with Gasteiger partial charge in [-0.1, -0.05) is 18.2 Å². The average Bonchev–Trinajstić information content (AvgIpc) is 2.42. The fourth-order valence-corrected chi connectivity index (χ4v) is 3.72. The standard InChI is InChI=1S/C17H26N2/c1-13-11-15(9-10-18-13)12-19-14(2)7-8-16-5-3-4-6-17(16)19/h3-6,13-15,18H,7-12H2,1-2H3. The number of hydrogen-bond acceptors (Lipinski definition) is 2. The molecule has 2 heterocycles. The van der Waals surface area contributed by atoms with Gasteiger partial charge in [0.1, 0.15) is 0 Å². The van der Waals surface area contributed by atoms with E-state index >= 15 is 0 Å². The Morgan fingerprint density at radius 2 is 2.05 bits per heavy atom. The lowest BCUT2D eigenvalue weighted by molar-refractivity contribution is 0.309. The smallest absolute Gasteiger partial charge is 0.0401 e. The van der Waals surface area contributed by atoms with Crippen molar-refractivity contribution in [2.45, 2.75) is 51.6 Å². The first-order valence-corrected chi connectivity index (χ1v) is 7.82. The summed E-state index contributed by atoms with van der Waals surface area (Å²) in [6, 6.07) is 10.4. The Morgan fingerprint density at radius 1 is 1.21 bits per heavy atom. The molecule has 3 unspecified atom stereocenters. The molecule has 1 fully saturated rings. The summed E-state index contributed by atoms with van der Waals surface area (Å²) in [5, 5.41) is 3.56. The summed E-state index contributed by atoms with van der Waals surface area (Å²) < 4.78 is 0. The minimum atomic E-state index is 0.689. The van der Waals surface area contributed by atoms with Gasteiger partial charge in [0.05, 0.1) is 0 Å². The number of aryl methyl sites for hydroxylation is 1. The fourth-order valence-electron chi connectivity index (χ4n) is 3.72. The maximum Gasteiger partial charge on any atom is 0.0401 e. The van der Waals surface area contributed by atoms with Crippen molar-refractivity contribution in [2.75, 3.05) is 18.0 Å². The molecule has 0 aromatic heterocycles. The van der Waals surface area contributed by atoms with Crippen LogP contribution in [0.2, 0.25) is 0 Å². The highest BCUT2D eigenvalue weighted by atomic mass is 15.2. The van der Waals surface area contributed by atoms with Gasteiger partial charge in [0.25, 0.3) is 0 Å². The number of fused-ring (bicyclic) bond motifs is 1. The van der Waals surface area contributed by atoms with Gasteiger partial charge in [-0.25, -0.2) is 0 Å². The van der Waals surface area contributed by atoms with Crippen LogP contribution in [0, 0.1) is 5.92 Å². The molecule has 1 saturated heterocycles. The maximum absolute atomic E-state index is 3.56. The van der Waals surface area contributed by atoms with Gasteiger partial charge in [-0.05, 0) is 63.6 Å². The van der Waals surface area contributed by atoms with E-state index in [1.807, 2.05) is 0 Å². The lowest BCUT2D eigenvalue weighted by Gasteiger charge is -2.41. The van der Waals surface area contributed by atoms with E-state index < -0.39 is 0 Å². The van der Waals surface area contributed by atoms with Crippen molar-refractivity contribution in [3.05, 3.63) is 29.8 Å². The van der Waals surface area contributed by atoms with Gasteiger partial charge in [-0.15, -0.1) is 0 Å². The first-order valence-electron chi connectivity index (χ1n) is 7.82. The van der Waals surface area contributed by atoms with Gasteiger partial charge in [0, 0.05) is 24.3 Å². The van der Waals surface area contributed by atoms with Crippen LogP contribution in [0.25, 0.3) is 0 Å². The highest BCUT2D eigenvalue weighted by molar-refractivity contribution is 5.56. The monoisotopic (exact) mass is 258 g/mol. The Labute approximate surface area is 117 Å². The van der Waals surface area contributed by atoms with E-state index in [1.165, 1.54) is 44.5 Å². The van der Waals surface area contributed by atoms with E-state index in [-0.39, 0.29) is 0 Å². The lowest BCUT2D eigenvalue weighted by atomic mass is 9.90. The summed E-state index contributed by atoms with van der Waals surface area (Å²) in [6.07, 6.45) is 5.20. The summed E-state index contributed by atoms with van der Waals surface area (Å²) in [5.74, 6) is 0.852. The average molecular weight is 258 g/mol. The van der Waals surface area contributed by atoms with Crippen molar-refractivity contribution in [1.82, 2.24) is 5.32 Å². The molecule has 3 rings (SSSR count). The third-order valence-electron chi connectivity index (χ3n) is 4.85. The summed E-state index contributed by atoms with van der Waals surface area (Å²) in [4.78, 5) is 2.67. The topological polar surface area (TPSA) is 15.3 Å². The van der Waals surface area contributed by atoms with Crippen molar-refractivity contribution in [1.29, 1.82) is 0 Å². The van der Waals surface area contributed by atoms with Crippen LogP contribution in [0.3, 0.4) is 0 Å². The van der Waals surface area contributed by atoms with E-state index in [0.29, 0.717) is 12.1 Å². The molecule has 104 valence electrons. The molecule has 0 spiro atoms. The van der Waals surface area contributed by atoms with Crippen LogP contribution in [-0.4, -0.2) is 25.2 Å². The molecular formula is C17H26N2. The van der Waals surface area contributed by atoms with Crippen molar-refractivity contribution in [3.8, 4) is 0 Å². The fraction of sp³-hybridized carbons (Fsp3) is 0.647. The van der Waals surface area contributed by atoms with Crippen molar-refractivity contribution in [3.63, 3.8) is 0 Å². The van der Waals surface area contributed by atoms with E-state index in [1.54, 1.807) is 5.56 Å². The van der Waals surface area contributed by atoms with Gasteiger partial charge in [0.2, 0.25) is 0 Å². The molecule has 2 aliphatic heterocycles. The lowest BCUT2D eigenvalue weighted by Crippen LogP contribution is -2.45. The molecule has 2 nitrogen and oxygen atoms in total. The molecular weight excluding hydrogens is 232 g/mol. The molecule has 0 bridgehead atoms. The van der Waals surface area contributed by atoms with Crippen LogP contribution in [-0.2, 0) is 6.42 Å². The van der Waals surface area contributed by atoms with Gasteiger partial charge < -0.3 is 10.2 Å². The summed E-state index contributed by atoms with van der Waals surface area (Å²) in [6.45, 7) is 7.14. The van der Waals surface area contributed by atoms with Crippen molar-refractivity contribution < 1.29 is 0 Å². The first-order chi connectivity index (χ1) is 9.24. The Hall–Kier alpha value is -1.02. The molecule has 1 aromatic rings. The highest BCUT2D eigenvalue weighted by Gasteiger charge is 2.27. The van der Waals surface area contributed by atoms with Crippen LogP contribution >= 0.6 is 0 Å². The summed E-state index contributed by atoms with van der Waals surface area (Å²) in [7, 11) is 0. The third-order valence-corrected chi connectivity index (χ3v) is 4.85. The predicted molar refractivity (Wildman–Crippen MR) is 81.8 cm³/mol. The van der Waals surface area contributed by atoms with E-state index in [2.05, 4.69) is 48.3 Å². The molecule has 1 N–H and O–H groups in total. The predicted octanol–water partition coefficient (Wildman–Crippen LogP) is 3.22. The number of anilines is 1. The molecule has 0 amide bonds. The Kier molecular flexibility index (Phi) is 3.79. The number of benzene rings is 1. The number of hydrogen-bond donors (Lipinski definition) is 1. The summed E-state index contributed by atoms with van der Waals surface area (Å²) in [5.41, 5.74) is 3.04. The molecule has 2 heteroatoms. The van der Waals surface area contributed by atoms with Gasteiger partial charge >= 0.3 is 0 Å². The number of para-hydroxylation sites is 1. The molecule has 1 aromatic carbocycles. The first kappa shape index (κ1) is 13.0. The van der Waals surface area contributed by atoms with E-state index in [9.17, 15) is 0 Å². The zero-order valence-corrected chi connectivity index (χ0v) is 12.2. The number of nitrogens with one attached hydrogen (secondary N) is 1. The molecule has 0 radical (unpaired) electrons. The van der Waals surface area contributed by atoms with E-state index in [0.717, 1.165) is 5.92 Å². The van der Waals surface area contributed by atoms with Crippen molar-refractivity contribution in [2.24, 2.45) is 5.92 Å². The molecule has 19 heavy (non-hydrogen) atoms. The second kappa shape index (κ2) is 5.54. The highest BCUT2D eigenvalue weighted by Crippen LogP contribution is 2.32. The molecule has 3 atom stereocenters. The Balaban J connectivity index is 1.76. The zero-order valence-electron chi connectivity index (χ0n) is 12.2. The van der Waals surface area contributed by atoms with Crippen LogP contribution in [0.15, 0.2) is 24.3 Å². The molecule has 0 saturated carbocycles.